The van der Waals surface area contributed by atoms with Crippen molar-refractivity contribution >= 4 is 39.3 Å². The number of thiocarbonyl (C=S) groups is 1. The maximum atomic E-state index is 5.36. The maximum Gasteiger partial charge on any atom is 0.104 e. The van der Waals surface area contributed by atoms with Gasteiger partial charge < -0.3 is 0 Å². The van der Waals surface area contributed by atoms with Crippen molar-refractivity contribution in [3.63, 3.8) is 0 Å². The van der Waals surface area contributed by atoms with Gasteiger partial charge in [-0.05, 0) is 17.7 Å². The molecule has 0 bridgehead atoms. The quantitative estimate of drug-likeness (QED) is 0.478. The average Bonchev–Trinajstić information content (AvgIpc) is 2.37. The van der Waals surface area contributed by atoms with Crippen LogP contribution < -0.4 is 0 Å². The molecule has 94 valence electrons. The zero-order valence-electron chi connectivity index (χ0n) is 10.4. The smallest absolute Gasteiger partial charge is 0.104 e. The fourth-order valence-corrected chi connectivity index (χ4v) is 3.62. The second-order valence-corrected chi connectivity index (χ2v) is 7.21. The molecule has 0 heterocycles. The molecule has 0 saturated heterocycles. The van der Waals surface area contributed by atoms with Gasteiger partial charge in [0.1, 0.15) is 3.53 Å². The van der Waals surface area contributed by atoms with Gasteiger partial charge in [-0.2, -0.15) is 0 Å². The fourth-order valence-electron chi connectivity index (χ4n) is 1.44. The molecule has 0 radical (unpaired) electrons. The van der Waals surface area contributed by atoms with Crippen molar-refractivity contribution in [3.05, 3.63) is 35.9 Å². The molecule has 0 nitrogen and oxygen atoms in total. The first-order chi connectivity index (χ1) is 8.33. The topological polar surface area (TPSA) is 0 Å². The minimum absolute atomic E-state index is 1.00. The van der Waals surface area contributed by atoms with Crippen molar-refractivity contribution in [3.8, 4) is 0 Å². The summed E-state index contributed by atoms with van der Waals surface area (Å²) in [7, 11) is 0. The zero-order valence-corrected chi connectivity index (χ0v) is 12.8. The van der Waals surface area contributed by atoms with Gasteiger partial charge >= 0.3 is 0 Å². The highest BCUT2D eigenvalue weighted by Gasteiger charge is 1.99. The van der Waals surface area contributed by atoms with E-state index in [9.17, 15) is 0 Å². The third-order valence-corrected chi connectivity index (χ3v) is 5.27. The third kappa shape index (κ3) is 7.85. The molecular formula is C14H20S3. The van der Waals surface area contributed by atoms with E-state index < -0.39 is 0 Å². The van der Waals surface area contributed by atoms with E-state index in [1.165, 1.54) is 37.0 Å². The molecule has 0 atom stereocenters. The minimum atomic E-state index is 1.00. The van der Waals surface area contributed by atoms with Gasteiger partial charge in [-0.25, -0.2) is 0 Å². The van der Waals surface area contributed by atoms with Crippen LogP contribution in [0.2, 0.25) is 0 Å². The van der Waals surface area contributed by atoms with Gasteiger partial charge in [0.15, 0.2) is 0 Å². The lowest BCUT2D eigenvalue weighted by atomic mass is 10.2. The van der Waals surface area contributed by atoms with Crippen molar-refractivity contribution in [2.75, 3.05) is 5.75 Å². The number of benzene rings is 1. The Bertz CT molecular complexity index is 309. The molecule has 17 heavy (non-hydrogen) atoms. The molecule has 1 rings (SSSR count). The van der Waals surface area contributed by atoms with Gasteiger partial charge in [0.2, 0.25) is 0 Å². The average molecular weight is 285 g/mol. The van der Waals surface area contributed by atoms with Crippen LogP contribution in [0.5, 0.6) is 0 Å². The van der Waals surface area contributed by atoms with Crippen LogP contribution in [0.25, 0.3) is 0 Å². The molecule has 3 heteroatoms. The standard InChI is InChI=1S/C14H20S3/c1-2-3-4-8-11-16-14(15)17-12-13-9-6-5-7-10-13/h5-7,9-10H,2-4,8,11-12H2,1H3. The Morgan fingerprint density at radius 3 is 2.53 bits per heavy atom. The number of rotatable bonds is 7. The molecule has 0 saturated carbocycles. The van der Waals surface area contributed by atoms with Gasteiger partial charge in [-0.3, -0.25) is 0 Å². The van der Waals surface area contributed by atoms with E-state index >= 15 is 0 Å². The normalized spacial score (nSPS) is 10.4. The van der Waals surface area contributed by atoms with E-state index in [4.69, 9.17) is 12.2 Å². The van der Waals surface area contributed by atoms with Crippen molar-refractivity contribution in [1.82, 2.24) is 0 Å². The predicted molar refractivity (Wildman–Crippen MR) is 86.9 cm³/mol. The van der Waals surface area contributed by atoms with Crippen LogP contribution >= 0.6 is 35.7 Å². The summed E-state index contributed by atoms with van der Waals surface area (Å²) in [5.41, 5.74) is 1.35. The van der Waals surface area contributed by atoms with Crippen LogP contribution in [0.1, 0.15) is 38.2 Å². The number of unbranched alkanes of at least 4 members (excludes halogenated alkanes) is 3. The monoisotopic (exact) mass is 284 g/mol. The van der Waals surface area contributed by atoms with Crippen LogP contribution in [0.4, 0.5) is 0 Å². The van der Waals surface area contributed by atoms with Crippen molar-refractivity contribution < 1.29 is 0 Å². The highest BCUT2D eigenvalue weighted by atomic mass is 32.2. The Morgan fingerprint density at radius 1 is 1.06 bits per heavy atom. The molecule has 0 amide bonds. The summed E-state index contributed by atoms with van der Waals surface area (Å²) in [6.07, 6.45) is 5.29. The summed E-state index contributed by atoms with van der Waals surface area (Å²) in [5, 5.41) is 0. The Labute approximate surface area is 119 Å². The largest absolute Gasteiger partial charge is 0.108 e. The lowest BCUT2D eigenvalue weighted by Crippen LogP contribution is -1.88. The van der Waals surface area contributed by atoms with Crippen molar-refractivity contribution in [2.24, 2.45) is 0 Å². The Morgan fingerprint density at radius 2 is 1.82 bits per heavy atom. The third-order valence-electron chi connectivity index (χ3n) is 2.42. The zero-order chi connectivity index (χ0) is 12.3. The van der Waals surface area contributed by atoms with Crippen LogP contribution in [-0.4, -0.2) is 9.28 Å². The molecular weight excluding hydrogens is 264 g/mol. The predicted octanol–water partition coefficient (Wildman–Crippen LogP) is 5.52. The molecule has 0 unspecified atom stereocenters. The molecule has 0 aliphatic rings. The fraction of sp³-hybridized carbons (Fsp3) is 0.500. The molecule has 0 spiro atoms. The van der Waals surface area contributed by atoms with E-state index in [-0.39, 0.29) is 0 Å². The molecule has 0 fully saturated rings. The van der Waals surface area contributed by atoms with Crippen LogP contribution in [-0.2, 0) is 5.75 Å². The lowest BCUT2D eigenvalue weighted by molar-refractivity contribution is 0.707. The molecule has 1 aromatic rings. The number of hydrogen-bond donors (Lipinski definition) is 0. The maximum absolute atomic E-state index is 5.36. The van der Waals surface area contributed by atoms with E-state index in [2.05, 4.69) is 37.3 Å². The number of thioether (sulfide) groups is 2. The van der Waals surface area contributed by atoms with E-state index in [1.807, 2.05) is 11.8 Å². The van der Waals surface area contributed by atoms with Crippen LogP contribution in [0.3, 0.4) is 0 Å². The van der Waals surface area contributed by atoms with Gasteiger partial charge in [0.25, 0.3) is 0 Å². The highest BCUT2D eigenvalue weighted by Crippen LogP contribution is 2.22. The van der Waals surface area contributed by atoms with Gasteiger partial charge in [-0.1, -0.05) is 68.7 Å². The first kappa shape index (κ1) is 15.1. The molecule has 0 aromatic heterocycles. The van der Waals surface area contributed by atoms with Gasteiger partial charge in [0, 0.05) is 5.75 Å². The van der Waals surface area contributed by atoms with E-state index in [1.54, 1.807) is 11.8 Å². The summed E-state index contributed by atoms with van der Waals surface area (Å²) in [6.45, 7) is 2.24. The SMILES string of the molecule is CCCCCCSC(=S)SCc1ccccc1. The van der Waals surface area contributed by atoms with Crippen molar-refractivity contribution in [2.45, 2.75) is 38.4 Å². The summed E-state index contributed by atoms with van der Waals surface area (Å²) < 4.78 is 1.09. The molecule has 1 aromatic carbocycles. The second-order valence-electron chi connectivity index (χ2n) is 3.93. The molecule has 0 aliphatic carbocycles. The summed E-state index contributed by atoms with van der Waals surface area (Å²) >= 11 is 8.99. The first-order valence-corrected chi connectivity index (χ1v) is 8.54. The summed E-state index contributed by atoms with van der Waals surface area (Å²) in [6, 6.07) is 10.5. The Kier molecular flexibility index (Phi) is 8.85. The second kappa shape index (κ2) is 9.98. The van der Waals surface area contributed by atoms with Crippen molar-refractivity contribution in [1.29, 1.82) is 0 Å². The van der Waals surface area contributed by atoms with Gasteiger partial charge in [-0.15, -0.1) is 23.5 Å². The number of hydrogen-bond acceptors (Lipinski definition) is 3. The first-order valence-electron chi connectivity index (χ1n) is 6.16. The van der Waals surface area contributed by atoms with Gasteiger partial charge in [0.05, 0.1) is 0 Å². The van der Waals surface area contributed by atoms with E-state index in [0.717, 1.165) is 9.28 Å². The van der Waals surface area contributed by atoms with Crippen LogP contribution in [0.15, 0.2) is 30.3 Å². The summed E-state index contributed by atoms with van der Waals surface area (Å²) in [4.78, 5) is 0. The lowest BCUT2D eigenvalue weighted by Gasteiger charge is -2.03. The molecule has 0 N–H and O–H groups in total. The minimum Gasteiger partial charge on any atom is -0.108 e. The Balaban J connectivity index is 2.05. The molecule has 0 aliphatic heterocycles. The Hall–Kier alpha value is 0.01000. The van der Waals surface area contributed by atoms with E-state index in [0.29, 0.717) is 0 Å². The van der Waals surface area contributed by atoms with Crippen LogP contribution in [0, 0.1) is 0 Å². The highest BCUT2D eigenvalue weighted by molar-refractivity contribution is 8.46. The summed E-state index contributed by atoms with van der Waals surface area (Å²) in [5.74, 6) is 2.18.